The van der Waals surface area contributed by atoms with Crippen molar-refractivity contribution in [2.75, 3.05) is 17.2 Å². The topological polar surface area (TPSA) is 81.4 Å². The van der Waals surface area contributed by atoms with E-state index in [0.29, 0.717) is 12.5 Å². The van der Waals surface area contributed by atoms with Gasteiger partial charge >= 0.3 is 0 Å². The molecule has 3 aromatic heterocycles. The molecule has 3 heterocycles. The van der Waals surface area contributed by atoms with Crippen molar-refractivity contribution in [2.45, 2.75) is 20.3 Å². The number of H-pyrrole nitrogens is 2. The average Bonchev–Trinajstić information content (AvgIpc) is 3.29. The van der Waals surface area contributed by atoms with Gasteiger partial charge in [0.15, 0.2) is 0 Å². The zero-order valence-corrected chi connectivity index (χ0v) is 17.4. The predicted molar refractivity (Wildman–Crippen MR) is 124 cm³/mol. The van der Waals surface area contributed by atoms with Crippen LogP contribution in [0.15, 0.2) is 54.7 Å². The number of rotatable bonds is 6. The summed E-state index contributed by atoms with van der Waals surface area (Å²) < 4.78 is 13.6. The minimum Gasteiger partial charge on any atom is -0.361 e. The molecule has 156 valence electrons. The summed E-state index contributed by atoms with van der Waals surface area (Å²) in [7, 11) is 0. The molecule has 0 radical (unpaired) electrons. The van der Waals surface area contributed by atoms with Gasteiger partial charge in [0.05, 0.1) is 0 Å². The fourth-order valence-corrected chi connectivity index (χ4v) is 3.88. The minimum absolute atomic E-state index is 0.230. The van der Waals surface area contributed by atoms with Gasteiger partial charge in [0.2, 0.25) is 5.95 Å². The Bertz CT molecular complexity index is 1380. The molecule has 5 rings (SSSR count). The van der Waals surface area contributed by atoms with Crippen LogP contribution in [0.4, 0.5) is 21.8 Å². The van der Waals surface area contributed by atoms with Gasteiger partial charge in [-0.05, 0) is 68.3 Å². The SMILES string of the molecule is Cc1cc(Nc2ccc3[nH]c(C)cc3c2)nc(NCCc2c[nH]c3ccc(F)cc23)n1. The number of aryl methyl sites for hydroxylation is 2. The van der Waals surface area contributed by atoms with Crippen molar-refractivity contribution in [1.29, 1.82) is 0 Å². The maximum Gasteiger partial charge on any atom is 0.224 e. The smallest absolute Gasteiger partial charge is 0.224 e. The molecule has 0 unspecified atom stereocenters. The van der Waals surface area contributed by atoms with Crippen LogP contribution in [-0.4, -0.2) is 26.5 Å². The molecule has 5 aromatic rings. The van der Waals surface area contributed by atoms with E-state index in [1.165, 1.54) is 6.07 Å². The van der Waals surface area contributed by atoms with Gasteiger partial charge < -0.3 is 20.6 Å². The minimum atomic E-state index is -0.230. The summed E-state index contributed by atoms with van der Waals surface area (Å²) in [4.78, 5) is 15.6. The van der Waals surface area contributed by atoms with Crippen LogP contribution in [0.1, 0.15) is 17.0 Å². The highest BCUT2D eigenvalue weighted by Crippen LogP contribution is 2.23. The number of anilines is 3. The van der Waals surface area contributed by atoms with Crippen LogP contribution in [0.2, 0.25) is 0 Å². The van der Waals surface area contributed by atoms with Crippen LogP contribution >= 0.6 is 0 Å². The molecule has 0 aliphatic rings. The summed E-state index contributed by atoms with van der Waals surface area (Å²) in [6, 6.07) is 15.0. The Morgan fingerprint density at radius 1 is 0.968 bits per heavy atom. The van der Waals surface area contributed by atoms with E-state index >= 15 is 0 Å². The number of aromatic nitrogens is 4. The van der Waals surface area contributed by atoms with Gasteiger partial charge in [-0.1, -0.05) is 0 Å². The van der Waals surface area contributed by atoms with Crippen LogP contribution in [0, 0.1) is 19.7 Å². The lowest BCUT2D eigenvalue weighted by atomic mass is 10.1. The number of nitrogens with zero attached hydrogens (tertiary/aromatic N) is 2. The molecule has 0 saturated heterocycles. The number of fused-ring (bicyclic) bond motifs is 2. The zero-order chi connectivity index (χ0) is 21.4. The first-order valence-electron chi connectivity index (χ1n) is 10.2. The highest BCUT2D eigenvalue weighted by molar-refractivity contribution is 5.85. The maximum atomic E-state index is 13.6. The Morgan fingerprint density at radius 2 is 1.84 bits per heavy atom. The van der Waals surface area contributed by atoms with E-state index < -0.39 is 0 Å². The van der Waals surface area contributed by atoms with Gasteiger partial charge in [-0.15, -0.1) is 0 Å². The maximum absolute atomic E-state index is 13.6. The Balaban J connectivity index is 1.29. The number of halogens is 1. The second-order valence-electron chi connectivity index (χ2n) is 7.78. The van der Waals surface area contributed by atoms with Crippen LogP contribution in [0.25, 0.3) is 21.8 Å². The molecular formula is C24H23FN6. The van der Waals surface area contributed by atoms with Gasteiger partial charge in [-0.25, -0.2) is 9.37 Å². The Morgan fingerprint density at radius 3 is 2.74 bits per heavy atom. The number of aromatic amines is 2. The lowest BCUT2D eigenvalue weighted by Gasteiger charge is -2.10. The Labute approximate surface area is 178 Å². The van der Waals surface area contributed by atoms with E-state index in [-0.39, 0.29) is 5.82 Å². The van der Waals surface area contributed by atoms with E-state index in [1.807, 2.05) is 32.2 Å². The first-order valence-corrected chi connectivity index (χ1v) is 10.2. The molecule has 0 amide bonds. The van der Waals surface area contributed by atoms with Crippen LogP contribution in [-0.2, 0) is 6.42 Å². The normalized spacial score (nSPS) is 11.3. The van der Waals surface area contributed by atoms with E-state index in [4.69, 9.17) is 0 Å². The van der Waals surface area contributed by atoms with E-state index in [0.717, 1.165) is 56.7 Å². The van der Waals surface area contributed by atoms with Crippen LogP contribution in [0.5, 0.6) is 0 Å². The molecule has 2 aromatic carbocycles. The molecule has 0 atom stereocenters. The molecule has 0 aliphatic heterocycles. The summed E-state index contributed by atoms with van der Waals surface area (Å²) in [5.74, 6) is 1.06. The summed E-state index contributed by atoms with van der Waals surface area (Å²) in [5, 5.41) is 8.72. The third-order valence-corrected chi connectivity index (χ3v) is 5.29. The summed E-state index contributed by atoms with van der Waals surface area (Å²) in [6.07, 6.45) is 2.65. The summed E-state index contributed by atoms with van der Waals surface area (Å²) >= 11 is 0. The van der Waals surface area contributed by atoms with Crippen molar-refractivity contribution in [3.8, 4) is 0 Å². The monoisotopic (exact) mass is 414 g/mol. The fourth-order valence-electron chi connectivity index (χ4n) is 3.88. The molecular weight excluding hydrogens is 391 g/mol. The van der Waals surface area contributed by atoms with Gasteiger partial charge in [0.25, 0.3) is 0 Å². The second kappa shape index (κ2) is 7.75. The molecule has 31 heavy (non-hydrogen) atoms. The van der Waals surface area contributed by atoms with Crippen molar-refractivity contribution < 1.29 is 4.39 Å². The average molecular weight is 414 g/mol. The van der Waals surface area contributed by atoms with Crippen molar-refractivity contribution in [3.05, 3.63) is 77.5 Å². The fraction of sp³-hybridized carbons (Fsp3) is 0.167. The molecule has 0 spiro atoms. The van der Waals surface area contributed by atoms with E-state index in [9.17, 15) is 4.39 Å². The molecule has 0 bridgehead atoms. The molecule has 6 nitrogen and oxygen atoms in total. The number of hydrogen-bond donors (Lipinski definition) is 4. The van der Waals surface area contributed by atoms with Crippen molar-refractivity contribution in [2.24, 2.45) is 0 Å². The highest BCUT2D eigenvalue weighted by atomic mass is 19.1. The van der Waals surface area contributed by atoms with E-state index in [2.05, 4.69) is 48.8 Å². The van der Waals surface area contributed by atoms with Crippen LogP contribution in [0.3, 0.4) is 0 Å². The lowest BCUT2D eigenvalue weighted by molar-refractivity contribution is 0.629. The molecule has 4 N–H and O–H groups in total. The Hall–Kier alpha value is -3.87. The van der Waals surface area contributed by atoms with Crippen molar-refractivity contribution in [1.82, 2.24) is 19.9 Å². The predicted octanol–water partition coefficient (Wildman–Crippen LogP) is 5.59. The van der Waals surface area contributed by atoms with Gasteiger partial charge in [0, 0.05) is 57.7 Å². The number of benzene rings is 2. The standard InChI is InChI=1S/C24H23FN6/c1-14-9-17-11-19(4-6-21(17)28-14)30-23-10-15(2)29-24(31-23)26-8-7-16-13-27-22-5-3-18(25)12-20(16)22/h3-6,9-13,27-28H,7-8H2,1-2H3,(H2,26,29,30,31). The number of hydrogen-bond acceptors (Lipinski definition) is 4. The third-order valence-electron chi connectivity index (χ3n) is 5.29. The van der Waals surface area contributed by atoms with Crippen molar-refractivity contribution in [3.63, 3.8) is 0 Å². The zero-order valence-electron chi connectivity index (χ0n) is 17.4. The first-order chi connectivity index (χ1) is 15.0. The van der Waals surface area contributed by atoms with Gasteiger partial charge in [-0.2, -0.15) is 4.98 Å². The molecule has 0 saturated carbocycles. The quantitative estimate of drug-likeness (QED) is 0.292. The largest absolute Gasteiger partial charge is 0.361 e. The Kier molecular flexibility index (Phi) is 4.78. The van der Waals surface area contributed by atoms with Crippen molar-refractivity contribution >= 4 is 39.3 Å². The summed E-state index contributed by atoms with van der Waals surface area (Å²) in [5.41, 5.74) is 6.08. The second-order valence-corrected chi connectivity index (χ2v) is 7.78. The van der Waals surface area contributed by atoms with Gasteiger partial charge in [0.1, 0.15) is 11.6 Å². The third kappa shape index (κ3) is 4.07. The number of nitrogens with one attached hydrogen (secondary N) is 4. The van der Waals surface area contributed by atoms with E-state index in [1.54, 1.807) is 12.1 Å². The first kappa shape index (κ1) is 19.1. The highest BCUT2D eigenvalue weighted by Gasteiger charge is 2.07. The lowest BCUT2D eigenvalue weighted by Crippen LogP contribution is -2.09. The molecule has 0 aliphatic carbocycles. The molecule has 7 heteroatoms. The molecule has 0 fully saturated rings. The van der Waals surface area contributed by atoms with Gasteiger partial charge in [-0.3, -0.25) is 0 Å². The van der Waals surface area contributed by atoms with Crippen LogP contribution < -0.4 is 10.6 Å². The summed E-state index contributed by atoms with van der Waals surface area (Å²) in [6.45, 7) is 4.63.